The van der Waals surface area contributed by atoms with Crippen molar-refractivity contribution >= 4 is 33.8 Å². The normalized spacial score (nSPS) is 23.8. The Kier molecular flexibility index (Phi) is 11.1. The van der Waals surface area contributed by atoms with Gasteiger partial charge >= 0.3 is 6.09 Å². The van der Waals surface area contributed by atoms with Crippen LogP contribution >= 0.6 is 0 Å². The van der Waals surface area contributed by atoms with Crippen molar-refractivity contribution in [1.29, 1.82) is 0 Å². The van der Waals surface area contributed by atoms with E-state index in [0.717, 1.165) is 25.7 Å². The molecule has 0 bridgehead atoms. The topological polar surface area (TPSA) is 186 Å². The molecular weight excluding hydrogens is 756 g/mol. The second-order valence-corrected chi connectivity index (χ2v) is 17.8. The summed E-state index contributed by atoms with van der Waals surface area (Å²) in [7, 11) is -3.96. The molecule has 0 unspecified atom stereocenters. The highest BCUT2D eigenvalue weighted by atomic mass is 32.2. The van der Waals surface area contributed by atoms with Crippen LogP contribution in [0.5, 0.6) is 0 Å². The quantitative estimate of drug-likeness (QED) is 0.213. The van der Waals surface area contributed by atoms with Crippen LogP contribution in [0.4, 0.5) is 9.18 Å². The molecule has 16 heteroatoms. The highest BCUT2D eigenvalue weighted by Gasteiger charge is 2.62. The molecule has 57 heavy (non-hydrogen) atoms. The second kappa shape index (κ2) is 15.9. The summed E-state index contributed by atoms with van der Waals surface area (Å²) < 4.78 is 48.5. The maximum Gasteiger partial charge on any atom is 0.408 e. The fraction of sp³-hybridized carbons (Fsp3) is 0.463. The summed E-state index contributed by atoms with van der Waals surface area (Å²) in [5.41, 5.74) is -0.447. The van der Waals surface area contributed by atoms with Crippen molar-refractivity contribution in [2.75, 3.05) is 6.54 Å². The minimum Gasteiger partial charge on any atom is -0.446 e. The van der Waals surface area contributed by atoms with Crippen LogP contribution in [0.1, 0.15) is 71.3 Å². The molecule has 7 rings (SSSR count). The van der Waals surface area contributed by atoms with Crippen LogP contribution < -0.4 is 20.9 Å². The number of benzene rings is 2. The van der Waals surface area contributed by atoms with Gasteiger partial charge in [0.05, 0.1) is 22.5 Å². The van der Waals surface area contributed by atoms with Gasteiger partial charge in [0.15, 0.2) is 0 Å². The van der Waals surface area contributed by atoms with E-state index >= 15 is 0 Å². The number of amides is 4. The number of sulfonamides is 1. The minimum absolute atomic E-state index is 0.0860. The first-order valence-electron chi connectivity index (χ1n) is 19.4. The molecule has 0 spiro atoms. The number of halogens is 1. The molecule has 4 fully saturated rings. The van der Waals surface area contributed by atoms with E-state index in [2.05, 4.69) is 21.9 Å². The van der Waals surface area contributed by atoms with Crippen molar-refractivity contribution < 1.29 is 36.7 Å². The van der Waals surface area contributed by atoms with Crippen molar-refractivity contribution in [3.05, 3.63) is 89.5 Å². The van der Waals surface area contributed by atoms with Gasteiger partial charge in [-0.25, -0.2) is 22.3 Å². The molecule has 4 amide bonds. The highest BCUT2D eigenvalue weighted by molar-refractivity contribution is 7.91. The minimum atomic E-state index is -3.96. The number of hydrogen-bond acceptors (Lipinski definition) is 9. The van der Waals surface area contributed by atoms with Gasteiger partial charge in [-0.05, 0) is 74.6 Å². The zero-order chi connectivity index (χ0) is 40.6. The van der Waals surface area contributed by atoms with Gasteiger partial charge in [0.1, 0.15) is 29.5 Å². The zero-order valence-corrected chi connectivity index (χ0v) is 32.7. The predicted molar refractivity (Wildman–Crippen MR) is 208 cm³/mol. The fourth-order valence-corrected chi connectivity index (χ4v) is 9.22. The number of carbonyl (C=O) groups excluding carboxylic acids is 4. The van der Waals surface area contributed by atoms with Gasteiger partial charge in [-0.2, -0.15) is 5.10 Å². The molecule has 3 aliphatic carbocycles. The maximum atomic E-state index is 14.6. The Bertz CT molecular complexity index is 2220. The number of nitrogens with one attached hydrogen (secondary N) is 3. The monoisotopic (exact) mass is 802 g/mol. The molecule has 3 aromatic rings. The van der Waals surface area contributed by atoms with E-state index < -0.39 is 86.0 Å². The fourth-order valence-electron chi connectivity index (χ4n) is 7.86. The summed E-state index contributed by atoms with van der Waals surface area (Å²) in [6, 6.07) is 12.8. The van der Waals surface area contributed by atoms with Crippen molar-refractivity contribution in [2.24, 2.45) is 11.8 Å². The third-order valence-corrected chi connectivity index (χ3v) is 13.2. The lowest BCUT2D eigenvalue weighted by Gasteiger charge is -2.31. The van der Waals surface area contributed by atoms with Gasteiger partial charge in [0.2, 0.25) is 21.8 Å². The van der Waals surface area contributed by atoms with E-state index in [0.29, 0.717) is 29.7 Å². The van der Waals surface area contributed by atoms with Crippen LogP contribution in [0.3, 0.4) is 0 Å². The summed E-state index contributed by atoms with van der Waals surface area (Å²) >= 11 is 0. The van der Waals surface area contributed by atoms with Crippen LogP contribution in [0.2, 0.25) is 0 Å². The first kappa shape index (κ1) is 39.8. The number of rotatable bonds is 13. The molecule has 4 aliphatic rings. The number of carbonyl (C=O) groups is 4. The number of aromatic nitrogens is 2. The number of ether oxygens (including phenoxy) is 1. The van der Waals surface area contributed by atoms with Crippen molar-refractivity contribution in [3.8, 4) is 22.4 Å². The van der Waals surface area contributed by atoms with Gasteiger partial charge in [-0.15, -0.1) is 6.58 Å². The number of likely N-dealkylation sites (tertiary alicyclic amines) is 1. The van der Waals surface area contributed by atoms with Crippen molar-refractivity contribution in [2.45, 2.75) is 100 Å². The van der Waals surface area contributed by atoms with Crippen molar-refractivity contribution in [1.82, 2.24) is 30.0 Å². The van der Waals surface area contributed by atoms with Gasteiger partial charge in [0.25, 0.3) is 11.5 Å². The Morgan fingerprint density at radius 2 is 1.68 bits per heavy atom. The Labute approximate surface area is 330 Å². The van der Waals surface area contributed by atoms with E-state index in [9.17, 15) is 36.8 Å². The van der Waals surface area contributed by atoms with Gasteiger partial charge in [0, 0.05) is 24.4 Å². The average molecular weight is 803 g/mol. The van der Waals surface area contributed by atoms with Crippen LogP contribution in [-0.2, 0) is 29.1 Å². The SMILES string of the molecule is C=C[C@@H]1C[C@]1(NC(=O)[C@@H]1C[C@@H](n2nc(-c3ccccc3)cc(-c3ccc(F)cc3)c2=O)CN1C(=O)[C@@H](NC(=O)OC1CCCC1)C(C)C)C(=O)NS(=O)(=O)C1CC1. The maximum absolute atomic E-state index is 14.6. The number of hydrogen-bond donors (Lipinski definition) is 3. The van der Waals surface area contributed by atoms with E-state index in [1.54, 1.807) is 19.9 Å². The Hall–Kier alpha value is -5.38. The third kappa shape index (κ3) is 8.36. The molecule has 1 aliphatic heterocycles. The Morgan fingerprint density at radius 1 is 1.00 bits per heavy atom. The lowest BCUT2D eigenvalue weighted by molar-refractivity contribution is -0.141. The van der Waals surface area contributed by atoms with Crippen LogP contribution in [-0.4, -0.2) is 82.4 Å². The summed E-state index contributed by atoms with van der Waals surface area (Å²) in [6.07, 6.45) is 4.54. The third-order valence-electron chi connectivity index (χ3n) is 11.4. The lowest BCUT2D eigenvalue weighted by Crippen LogP contribution is -2.59. The molecule has 1 aromatic heterocycles. The number of nitrogens with zero attached hydrogens (tertiary/aromatic N) is 3. The molecule has 1 saturated heterocycles. The van der Waals surface area contributed by atoms with Gasteiger partial charge in [-0.3, -0.25) is 23.9 Å². The second-order valence-electron chi connectivity index (χ2n) is 15.8. The first-order valence-corrected chi connectivity index (χ1v) is 21.0. The van der Waals surface area contributed by atoms with Crippen LogP contribution in [0.15, 0.2) is 78.1 Å². The molecule has 14 nitrogen and oxygen atoms in total. The van der Waals surface area contributed by atoms with Crippen LogP contribution in [0.25, 0.3) is 22.4 Å². The van der Waals surface area contributed by atoms with Gasteiger partial charge in [-0.1, -0.05) is 62.4 Å². The lowest BCUT2D eigenvalue weighted by atomic mass is 10.0. The molecule has 0 radical (unpaired) electrons. The van der Waals surface area contributed by atoms with E-state index in [1.807, 2.05) is 30.3 Å². The van der Waals surface area contributed by atoms with Crippen molar-refractivity contribution in [3.63, 3.8) is 0 Å². The zero-order valence-electron chi connectivity index (χ0n) is 31.9. The standard InChI is InChI=1S/C41H47FN6O8S/c1-4-27-22-41(27,39(52)46-57(54,55)31-18-19-31)44-36(49)34-20-29(23-47(34)38(51)35(24(2)3)43-40(53)56-30-12-8-9-13-30)48-37(50)32(25-14-16-28(42)17-15-25)21-33(45-48)26-10-6-5-7-11-26/h4-7,10-11,14-17,21,24,27,29-31,34-35H,1,8-9,12-13,18-20,22-23H2,2-3H3,(H,43,53)(H,44,49)(H,46,52)/t27-,29-,34+,35+,41-/m1/s1. The highest BCUT2D eigenvalue weighted by Crippen LogP contribution is 2.46. The van der Waals surface area contributed by atoms with E-state index in [4.69, 9.17) is 9.84 Å². The van der Waals surface area contributed by atoms with E-state index in [-0.39, 0.29) is 31.1 Å². The molecule has 2 heterocycles. The Morgan fingerprint density at radius 3 is 2.30 bits per heavy atom. The smallest absolute Gasteiger partial charge is 0.408 e. The molecule has 5 atom stereocenters. The summed E-state index contributed by atoms with van der Waals surface area (Å²) in [5.74, 6) is -3.79. The van der Waals surface area contributed by atoms with E-state index in [1.165, 1.54) is 39.9 Å². The predicted octanol–water partition coefficient (Wildman–Crippen LogP) is 4.22. The molecule has 2 aromatic carbocycles. The van der Waals surface area contributed by atoms with Crippen LogP contribution in [0, 0.1) is 17.7 Å². The molecular formula is C41H47FN6O8S. The Balaban J connectivity index is 1.25. The summed E-state index contributed by atoms with van der Waals surface area (Å²) in [4.78, 5) is 71.4. The van der Waals surface area contributed by atoms with Gasteiger partial charge < -0.3 is 20.3 Å². The molecule has 302 valence electrons. The molecule has 3 saturated carbocycles. The number of alkyl carbamates (subject to hydrolysis) is 1. The first-order chi connectivity index (χ1) is 27.2. The largest absolute Gasteiger partial charge is 0.446 e. The summed E-state index contributed by atoms with van der Waals surface area (Å²) in [5, 5.41) is 9.52. The summed E-state index contributed by atoms with van der Waals surface area (Å²) in [6.45, 7) is 7.06. The molecule has 3 N–H and O–H groups in total. The average Bonchev–Trinajstić information content (AvgIpc) is 4.07.